The zero-order valence-electron chi connectivity index (χ0n) is 9.88. The summed E-state index contributed by atoms with van der Waals surface area (Å²) in [6.45, 7) is 1.75. The van der Waals surface area contributed by atoms with Crippen molar-refractivity contribution in [1.82, 2.24) is 4.72 Å². The number of benzene rings is 1. The Kier molecular flexibility index (Phi) is 5.07. The molecule has 1 aromatic rings. The second kappa shape index (κ2) is 6.11. The highest BCUT2D eigenvalue weighted by molar-refractivity contribution is 7.89. The molecule has 0 amide bonds. The summed E-state index contributed by atoms with van der Waals surface area (Å²) < 4.78 is 30.9. The van der Waals surface area contributed by atoms with Gasteiger partial charge in [-0.25, -0.2) is 13.1 Å². The average Bonchev–Trinajstić information content (AvgIpc) is 2.27. The van der Waals surface area contributed by atoms with Crippen LogP contribution >= 0.6 is 0 Å². The molecule has 96 valence electrons. The molecule has 2 N–H and O–H groups in total. The van der Waals surface area contributed by atoms with Gasteiger partial charge >= 0.3 is 0 Å². The van der Waals surface area contributed by atoms with Gasteiger partial charge in [-0.2, -0.15) is 0 Å². The van der Waals surface area contributed by atoms with Crippen molar-refractivity contribution in [3.05, 3.63) is 29.8 Å². The number of methoxy groups -OCH3 is 1. The van der Waals surface area contributed by atoms with Gasteiger partial charge in [-0.3, -0.25) is 0 Å². The summed E-state index contributed by atoms with van der Waals surface area (Å²) >= 11 is 0. The summed E-state index contributed by atoms with van der Waals surface area (Å²) in [5.41, 5.74) is 0.668. The first-order valence-electron chi connectivity index (χ1n) is 5.19. The number of aliphatic hydroxyl groups excluding tert-OH is 1. The van der Waals surface area contributed by atoms with Crippen molar-refractivity contribution >= 4 is 10.0 Å². The number of nitrogens with one attached hydrogen (secondary N) is 1. The third-order valence-corrected chi connectivity index (χ3v) is 3.83. The normalized spacial score (nSPS) is 13.6. The Morgan fingerprint density at radius 1 is 1.41 bits per heavy atom. The molecule has 0 aromatic heterocycles. The second-order valence-electron chi connectivity index (χ2n) is 3.73. The first kappa shape index (κ1) is 14.1. The molecule has 0 heterocycles. The van der Waals surface area contributed by atoms with Gasteiger partial charge in [0.2, 0.25) is 10.0 Å². The molecular weight excluding hydrogens is 242 g/mol. The molecule has 1 unspecified atom stereocenters. The molecule has 6 heteroatoms. The number of aryl methyl sites for hydroxylation is 1. The van der Waals surface area contributed by atoms with Gasteiger partial charge in [-0.1, -0.05) is 18.2 Å². The van der Waals surface area contributed by atoms with Crippen molar-refractivity contribution < 1.29 is 18.3 Å². The van der Waals surface area contributed by atoms with Gasteiger partial charge in [0.05, 0.1) is 17.6 Å². The zero-order valence-corrected chi connectivity index (χ0v) is 10.7. The van der Waals surface area contributed by atoms with Crippen LogP contribution in [0.25, 0.3) is 0 Å². The lowest BCUT2D eigenvalue weighted by Crippen LogP contribution is -2.34. The Bertz CT molecular complexity index is 458. The lowest BCUT2D eigenvalue weighted by Gasteiger charge is -2.12. The van der Waals surface area contributed by atoms with E-state index in [0.29, 0.717) is 5.56 Å². The van der Waals surface area contributed by atoms with Crippen LogP contribution in [0.3, 0.4) is 0 Å². The van der Waals surface area contributed by atoms with Gasteiger partial charge in [0.1, 0.15) is 0 Å². The van der Waals surface area contributed by atoms with Crippen LogP contribution in [-0.4, -0.2) is 39.9 Å². The fourth-order valence-corrected chi connectivity index (χ4v) is 2.71. The van der Waals surface area contributed by atoms with E-state index in [9.17, 15) is 13.5 Å². The molecular formula is C11H17NO4S. The molecule has 1 aromatic carbocycles. The van der Waals surface area contributed by atoms with E-state index in [1.807, 2.05) is 0 Å². The highest BCUT2D eigenvalue weighted by atomic mass is 32.2. The van der Waals surface area contributed by atoms with Crippen molar-refractivity contribution in [2.45, 2.75) is 17.9 Å². The van der Waals surface area contributed by atoms with E-state index in [1.54, 1.807) is 25.1 Å². The van der Waals surface area contributed by atoms with Crippen LogP contribution in [0.5, 0.6) is 0 Å². The largest absolute Gasteiger partial charge is 0.389 e. The van der Waals surface area contributed by atoms with E-state index in [0.717, 1.165) is 0 Å². The first-order valence-corrected chi connectivity index (χ1v) is 6.68. The molecule has 0 bridgehead atoms. The molecule has 17 heavy (non-hydrogen) atoms. The quantitative estimate of drug-likeness (QED) is 0.769. The van der Waals surface area contributed by atoms with Crippen molar-refractivity contribution in [3.63, 3.8) is 0 Å². The summed E-state index contributed by atoms with van der Waals surface area (Å²) in [6.07, 6.45) is -0.848. The predicted octanol–water partition coefficient (Wildman–Crippen LogP) is 0.281. The molecule has 0 spiro atoms. The summed E-state index contributed by atoms with van der Waals surface area (Å²) in [6, 6.07) is 6.68. The maximum atomic E-state index is 11.9. The summed E-state index contributed by atoms with van der Waals surface area (Å²) in [4.78, 5) is 0.226. The number of hydrogen-bond donors (Lipinski definition) is 2. The van der Waals surface area contributed by atoms with E-state index in [1.165, 1.54) is 13.2 Å². The standard InChI is InChI=1S/C11H17NO4S/c1-9-5-3-4-6-11(9)17(14,15)12-7-10(13)8-16-2/h3-6,10,12-13H,7-8H2,1-2H3. The van der Waals surface area contributed by atoms with Gasteiger partial charge < -0.3 is 9.84 Å². The van der Waals surface area contributed by atoms with Crippen molar-refractivity contribution in [2.75, 3.05) is 20.3 Å². The minimum Gasteiger partial charge on any atom is -0.389 e. The summed E-state index contributed by atoms with van der Waals surface area (Å²) in [5.74, 6) is 0. The fraction of sp³-hybridized carbons (Fsp3) is 0.455. The number of aliphatic hydroxyl groups is 1. The van der Waals surface area contributed by atoms with Crippen LogP contribution in [0.2, 0.25) is 0 Å². The highest BCUT2D eigenvalue weighted by Gasteiger charge is 2.17. The lowest BCUT2D eigenvalue weighted by molar-refractivity contribution is 0.0679. The van der Waals surface area contributed by atoms with E-state index in [4.69, 9.17) is 4.74 Å². The molecule has 0 saturated heterocycles. The highest BCUT2D eigenvalue weighted by Crippen LogP contribution is 2.13. The van der Waals surface area contributed by atoms with Crippen molar-refractivity contribution in [1.29, 1.82) is 0 Å². The van der Waals surface area contributed by atoms with Crippen LogP contribution in [0.1, 0.15) is 5.56 Å². The minimum atomic E-state index is -3.57. The molecule has 0 radical (unpaired) electrons. The third-order valence-electron chi connectivity index (χ3n) is 2.25. The van der Waals surface area contributed by atoms with E-state index < -0.39 is 16.1 Å². The zero-order chi connectivity index (χ0) is 12.9. The third kappa shape index (κ3) is 4.08. The molecule has 0 aliphatic carbocycles. The Balaban J connectivity index is 2.73. The fourth-order valence-electron chi connectivity index (χ4n) is 1.39. The lowest BCUT2D eigenvalue weighted by atomic mass is 10.2. The Hall–Kier alpha value is -0.950. The smallest absolute Gasteiger partial charge is 0.240 e. The minimum absolute atomic E-state index is 0.0650. The van der Waals surface area contributed by atoms with Gasteiger partial charge in [0.15, 0.2) is 0 Å². The predicted molar refractivity (Wildman–Crippen MR) is 64.3 cm³/mol. The summed E-state index contributed by atoms with van der Waals surface area (Å²) in [7, 11) is -2.13. The Labute approximate surface area is 101 Å². The van der Waals surface area contributed by atoms with Gasteiger partial charge in [0, 0.05) is 13.7 Å². The molecule has 0 fully saturated rings. The molecule has 1 atom stereocenters. The summed E-state index contributed by atoms with van der Waals surface area (Å²) in [5, 5.41) is 9.38. The molecule has 1 rings (SSSR count). The maximum absolute atomic E-state index is 11.9. The molecule has 0 aliphatic rings. The molecule has 5 nitrogen and oxygen atoms in total. The van der Waals surface area contributed by atoms with Crippen LogP contribution < -0.4 is 4.72 Å². The van der Waals surface area contributed by atoms with E-state index in [-0.39, 0.29) is 18.0 Å². The van der Waals surface area contributed by atoms with E-state index in [2.05, 4.69) is 4.72 Å². The Morgan fingerprint density at radius 3 is 2.65 bits per heavy atom. The van der Waals surface area contributed by atoms with Crippen molar-refractivity contribution in [2.24, 2.45) is 0 Å². The molecule has 0 aliphatic heterocycles. The number of hydrogen-bond acceptors (Lipinski definition) is 4. The van der Waals surface area contributed by atoms with Crippen LogP contribution in [-0.2, 0) is 14.8 Å². The van der Waals surface area contributed by atoms with Crippen LogP contribution in [0.4, 0.5) is 0 Å². The van der Waals surface area contributed by atoms with E-state index >= 15 is 0 Å². The first-order chi connectivity index (χ1) is 7.97. The number of rotatable bonds is 6. The molecule has 0 saturated carbocycles. The van der Waals surface area contributed by atoms with Crippen LogP contribution in [0, 0.1) is 6.92 Å². The monoisotopic (exact) mass is 259 g/mol. The Morgan fingerprint density at radius 2 is 2.06 bits per heavy atom. The topological polar surface area (TPSA) is 75.6 Å². The van der Waals surface area contributed by atoms with Gasteiger partial charge in [0.25, 0.3) is 0 Å². The second-order valence-corrected chi connectivity index (χ2v) is 5.46. The van der Waals surface area contributed by atoms with Crippen LogP contribution in [0.15, 0.2) is 29.2 Å². The SMILES string of the molecule is COCC(O)CNS(=O)(=O)c1ccccc1C. The average molecular weight is 259 g/mol. The van der Waals surface area contributed by atoms with Gasteiger partial charge in [-0.05, 0) is 18.6 Å². The number of ether oxygens (including phenoxy) is 1. The number of sulfonamides is 1. The van der Waals surface area contributed by atoms with Crippen molar-refractivity contribution in [3.8, 4) is 0 Å². The van der Waals surface area contributed by atoms with Gasteiger partial charge in [-0.15, -0.1) is 0 Å². The maximum Gasteiger partial charge on any atom is 0.240 e.